The van der Waals surface area contributed by atoms with Gasteiger partial charge in [-0.15, -0.1) is 0 Å². The molecule has 0 bridgehead atoms. The van der Waals surface area contributed by atoms with E-state index in [2.05, 4.69) is 10.1 Å². The Morgan fingerprint density at radius 1 is 1.18 bits per heavy atom. The molecule has 4 nitrogen and oxygen atoms in total. The van der Waals surface area contributed by atoms with E-state index in [-0.39, 0.29) is 23.2 Å². The number of ketones is 1. The topological polar surface area (TPSA) is 55.4 Å². The van der Waals surface area contributed by atoms with Gasteiger partial charge in [-0.1, -0.05) is 33.6 Å². The Kier molecular flexibility index (Phi) is 4.54. The lowest BCUT2D eigenvalue weighted by Gasteiger charge is -2.34. The van der Waals surface area contributed by atoms with Crippen LogP contribution in [0.4, 0.5) is 4.79 Å². The van der Waals surface area contributed by atoms with Gasteiger partial charge in [-0.05, 0) is 12.8 Å². The summed E-state index contributed by atoms with van der Waals surface area (Å²) in [5.74, 6) is 0.168. The summed E-state index contributed by atoms with van der Waals surface area (Å²) in [7, 11) is 1.35. The predicted molar refractivity (Wildman–Crippen MR) is 65.7 cm³/mol. The highest BCUT2D eigenvalue weighted by molar-refractivity contribution is 5.87. The summed E-state index contributed by atoms with van der Waals surface area (Å²) in [4.78, 5) is 23.6. The number of methoxy groups -OCH3 is 1. The molecular weight excluding hydrogens is 218 g/mol. The van der Waals surface area contributed by atoms with Crippen LogP contribution in [0.25, 0.3) is 0 Å². The molecule has 0 saturated heterocycles. The van der Waals surface area contributed by atoms with E-state index in [9.17, 15) is 9.59 Å². The van der Waals surface area contributed by atoms with Crippen LogP contribution in [-0.2, 0) is 9.53 Å². The van der Waals surface area contributed by atoms with Crippen molar-refractivity contribution < 1.29 is 14.3 Å². The summed E-state index contributed by atoms with van der Waals surface area (Å²) in [6, 6.07) is -0.0667. The quantitative estimate of drug-likeness (QED) is 0.808. The maximum Gasteiger partial charge on any atom is 0.407 e. The van der Waals surface area contributed by atoms with Crippen LogP contribution < -0.4 is 5.32 Å². The van der Waals surface area contributed by atoms with E-state index in [1.807, 2.05) is 20.8 Å². The number of ether oxygens (including phenoxy) is 1. The molecule has 98 valence electrons. The molecule has 0 unspecified atom stereocenters. The minimum atomic E-state index is -0.441. The Morgan fingerprint density at radius 3 is 2.29 bits per heavy atom. The number of rotatable bonds is 2. The summed E-state index contributed by atoms with van der Waals surface area (Å²) in [6.45, 7) is 5.79. The van der Waals surface area contributed by atoms with Gasteiger partial charge in [0, 0.05) is 17.4 Å². The van der Waals surface area contributed by atoms with Crippen molar-refractivity contribution in [3.63, 3.8) is 0 Å². The average Bonchev–Trinajstić information content (AvgIpc) is 2.27. The van der Waals surface area contributed by atoms with Crippen LogP contribution in [0.2, 0.25) is 0 Å². The lowest BCUT2D eigenvalue weighted by atomic mass is 9.74. The Labute approximate surface area is 103 Å². The zero-order valence-corrected chi connectivity index (χ0v) is 11.2. The normalized spacial score (nSPS) is 25.2. The van der Waals surface area contributed by atoms with Crippen molar-refractivity contribution in [2.24, 2.45) is 11.3 Å². The number of Topliss-reactive ketones (excluding diaryl/α,β-unsaturated/α-hetero) is 1. The first kappa shape index (κ1) is 14.0. The average molecular weight is 241 g/mol. The van der Waals surface area contributed by atoms with Crippen LogP contribution in [0.15, 0.2) is 0 Å². The van der Waals surface area contributed by atoms with Gasteiger partial charge in [0.15, 0.2) is 0 Å². The van der Waals surface area contributed by atoms with Crippen molar-refractivity contribution in [3.05, 3.63) is 0 Å². The van der Waals surface area contributed by atoms with Gasteiger partial charge in [-0.25, -0.2) is 4.79 Å². The van der Waals surface area contributed by atoms with Gasteiger partial charge < -0.3 is 10.1 Å². The van der Waals surface area contributed by atoms with E-state index < -0.39 is 6.09 Å². The van der Waals surface area contributed by atoms with Crippen LogP contribution in [0.3, 0.4) is 0 Å². The molecule has 1 aliphatic carbocycles. The van der Waals surface area contributed by atoms with Gasteiger partial charge >= 0.3 is 6.09 Å². The lowest BCUT2D eigenvalue weighted by molar-refractivity contribution is -0.132. The van der Waals surface area contributed by atoms with Crippen LogP contribution >= 0.6 is 0 Å². The first-order chi connectivity index (χ1) is 7.86. The van der Waals surface area contributed by atoms with E-state index in [1.54, 1.807) is 0 Å². The second kappa shape index (κ2) is 5.52. The number of amides is 1. The van der Waals surface area contributed by atoms with E-state index in [1.165, 1.54) is 7.11 Å². The van der Waals surface area contributed by atoms with Crippen molar-refractivity contribution in [1.29, 1.82) is 0 Å². The fourth-order valence-corrected chi connectivity index (χ4v) is 2.38. The van der Waals surface area contributed by atoms with E-state index in [4.69, 9.17) is 0 Å². The molecule has 1 amide bonds. The van der Waals surface area contributed by atoms with E-state index >= 15 is 0 Å². The smallest absolute Gasteiger partial charge is 0.407 e. The fraction of sp³-hybridized carbons (Fsp3) is 0.846. The molecule has 0 aromatic rings. The van der Waals surface area contributed by atoms with Crippen molar-refractivity contribution in [3.8, 4) is 0 Å². The van der Waals surface area contributed by atoms with Crippen LogP contribution in [0, 0.1) is 11.3 Å². The summed E-state index contributed by atoms with van der Waals surface area (Å²) < 4.78 is 4.61. The molecule has 0 radical (unpaired) electrons. The first-order valence-corrected chi connectivity index (χ1v) is 6.25. The molecule has 1 saturated carbocycles. The minimum Gasteiger partial charge on any atom is -0.453 e. The van der Waals surface area contributed by atoms with Crippen molar-refractivity contribution >= 4 is 11.9 Å². The molecule has 0 aromatic carbocycles. The summed E-state index contributed by atoms with van der Waals surface area (Å²) >= 11 is 0. The van der Waals surface area contributed by atoms with Crippen LogP contribution in [0.5, 0.6) is 0 Å². The Morgan fingerprint density at radius 2 is 1.76 bits per heavy atom. The monoisotopic (exact) mass is 241 g/mol. The number of nitrogens with one attached hydrogen (secondary N) is 1. The highest BCUT2D eigenvalue weighted by atomic mass is 16.5. The van der Waals surface area contributed by atoms with Gasteiger partial charge in [0.05, 0.1) is 7.11 Å². The molecule has 17 heavy (non-hydrogen) atoms. The second-order valence-electron chi connectivity index (χ2n) is 5.75. The van der Waals surface area contributed by atoms with E-state index in [0.29, 0.717) is 0 Å². The number of hydrogen-bond acceptors (Lipinski definition) is 3. The predicted octanol–water partition coefficient (Wildman–Crippen LogP) is 2.52. The zero-order valence-electron chi connectivity index (χ0n) is 11.2. The second-order valence-corrected chi connectivity index (χ2v) is 5.75. The molecule has 2 atom stereocenters. The van der Waals surface area contributed by atoms with Crippen molar-refractivity contribution in [1.82, 2.24) is 5.32 Å². The molecular formula is C13H23NO3. The summed E-state index contributed by atoms with van der Waals surface area (Å²) in [5.41, 5.74) is -0.349. The zero-order chi connectivity index (χ0) is 13.1. The lowest BCUT2D eigenvalue weighted by Crippen LogP contribution is -2.47. The molecule has 1 N–H and O–H groups in total. The highest BCUT2D eigenvalue weighted by Gasteiger charge is 2.37. The molecule has 1 fully saturated rings. The van der Waals surface area contributed by atoms with E-state index in [0.717, 1.165) is 25.7 Å². The third kappa shape index (κ3) is 3.72. The van der Waals surface area contributed by atoms with Crippen molar-refractivity contribution in [2.75, 3.05) is 7.11 Å². The number of hydrogen-bond donors (Lipinski definition) is 1. The molecule has 0 aliphatic heterocycles. The highest BCUT2D eigenvalue weighted by Crippen LogP contribution is 2.31. The molecule has 0 heterocycles. The fourth-order valence-electron chi connectivity index (χ4n) is 2.38. The number of alkyl carbamates (subject to hydrolysis) is 1. The third-order valence-electron chi connectivity index (χ3n) is 3.33. The Bertz CT molecular complexity index is 294. The molecule has 0 aromatic heterocycles. The summed E-state index contributed by atoms with van der Waals surface area (Å²) in [5, 5.41) is 2.79. The first-order valence-electron chi connectivity index (χ1n) is 6.25. The largest absolute Gasteiger partial charge is 0.453 e. The molecule has 4 heteroatoms. The third-order valence-corrected chi connectivity index (χ3v) is 3.33. The summed E-state index contributed by atoms with van der Waals surface area (Å²) in [6.07, 6.45) is 3.41. The standard InChI is InChI=1S/C13H23NO3/c1-13(2,3)11(15)9-7-5-6-8-10(9)14-12(16)17-4/h9-10H,5-8H2,1-4H3,(H,14,16)/t9-,10-/m1/s1. The molecule has 1 rings (SSSR count). The van der Waals surface area contributed by atoms with Gasteiger partial charge in [-0.2, -0.15) is 0 Å². The SMILES string of the molecule is COC(=O)N[C@@H]1CCCC[C@H]1C(=O)C(C)(C)C. The van der Waals surface area contributed by atoms with Crippen LogP contribution in [-0.4, -0.2) is 25.0 Å². The Balaban J connectivity index is 2.72. The van der Waals surface area contributed by atoms with Gasteiger partial charge in [0.25, 0.3) is 0 Å². The Hall–Kier alpha value is -1.06. The molecule has 1 aliphatic rings. The van der Waals surface area contributed by atoms with Crippen molar-refractivity contribution in [2.45, 2.75) is 52.5 Å². The molecule has 0 spiro atoms. The van der Waals surface area contributed by atoms with Crippen LogP contribution in [0.1, 0.15) is 46.5 Å². The van der Waals surface area contributed by atoms with Gasteiger partial charge in [-0.3, -0.25) is 4.79 Å². The number of carbonyl (C=O) groups is 2. The van der Waals surface area contributed by atoms with Gasteiger partial charge in [0.1, 0.15) is 5.78 Å². The van der Waals surface area contributed by atoms with Gasteiger partial charge in [0.2, 0.25) is 0 Å². The maximum atomic E-state index is 12.3. The minimum absolute atomic E-state index is 0.0667. The number of carbonyl (C=O) groups excluding carboxylic acids is 2. The maximum absolute atomic E-state index is 12.3.